The quantitative estimate of drug-likeness (QED) is 0.840. The zero-order valence-electron chi connectivity index (χ0n) is 9.84. The first kappa shape index (κ1) is 12.4. The zero-order valence-corrected chi connectivity index (χ0v) is 11.4. The first-order valence-corrected chi connectivity index (χ1v) is 7.48. The largest absolute Gasteiger partial charge is 0.309 e. The van der Waals surface area contributed by atoms with E-state index in [0.29, 0.717) is 6.04 Å². The van der Waals surface area contributed by atoms with Gasteiger partial charge < -0.3 is 5.32 Å². The number of halogens is 1. The summed E-state index contributed by atoms with van der Waals surface area (Å²) in [4.78, 5) is 1.34. The maximum atomic E-state index is 5.91. The smallest absolute Gasteiger partial charge is 0.0516 e. The molecule has 16 heavy (non-hydrogen) atoms. The second kappa shape index (κ2) is 6.04. The third kappa shape index (κ3) is 3.47. The van der Waals surface area contributed by atoms with Gasteiger partial charge in [-0.1, -0.05) is 30.9 Å². The van der Waals surface area contributed by atoms with Gasteiger partial charge in [0.25, 0.3) is 0 Å². The van der Waals surface area contributed by atoms with Crippen molar-refractivity contribution in [1.82, 2.24) is 5.32 Å². The van der Waals surface area contributed by atoms with Gasteiger partial charge in [-0.05, 0) is 31.7 Å². The predicted octanol–water partition coefficient (Wildman–Crippen LogP) is 4.46. The molecule has 1 fully saturated rings. The molecule has 1 heterocycles. The van der Waals surface area contributed by atoms with Crippen LogP contribution in [0.2, 0.25) is 5.02 Å². The Bertz CT molecular complexity index is 317. The Morgan fingerprint density at radius 2 is 2.19 bits per heavy atom. The van der Waals surface area contributed by atoms with Gasteiger partial charge in [-0.15, -0.1) is 11.3 Å². The van der Waals surface area contributed by atoms with Crippen molar-refractivity contribution in [3.63, 3.8) is 0 Å². The Hall–Kier alpha value is -0.0500. The van der Waals surface area contributed by atoms with Gasteiger partial charge in [0.2, 0.25) is 0 Å². The molecular weight excluding hydrogens is 238 g/mol. The molecule has 0 bridgehead atoms. The van der Waals surface area contributed by atoms with E-state index in [0.717, 1.165) is 17.5 Å². The molecule has 1 aliphatic carbocycles. The lowest BCUT2D eigenvalue weighted by molar-refractivity contribution is 0.281. The van der Waals surface area contributed by atoms with E-state index in [9.17, 15) is 0 Å². The van der Waals surface area contributed by atoms with Crippen LogP contribution >= 0.6 is 22.9 Å². The molecule has 3 heteroatoms. The molecule has 0 unspecified atom stereocenters. The molecule has 90 valence electrons. The molecule has 1 saturated carbocycles. The normalized spacial score (nSPS) is 19.9. The highest BCUT2D eigenvalue weighted by Crippen LogP contribution is 2.26. The highest BCUT2D eigenvalue weighted by atomic mass is 35.5. The van der Waals surface area contributed by atoms with Crippen molar-refractivity contribution in [3.8, 4) is 0 Å². The van der Waals surface area contributed by atoms with Gasteiger partial charge in [0.05, 0.1) is 5.02 Å². The average molecular weight is 258 g/mol. The van der Waals surface area contributed by atoms with Crippen LogP contribution in [0.1, 0.15) is 43.9 Å². The van der Waals surface area contributed by atoms with E-state index in [4.69, 9.17) is 11.6 Å². The highest BCUT2D eigenvalue weighted by Gasteiger charge is 2.19. The van der Waals surface area contributed by atoms with Gasteiger partial charge >= 0.3 is 0 Å². The fourth-order valence-corrected chi connectivity index (χ4v) is 3.53. The predicted molar refractivity (Wildman–Crippen MR) is 72.2 cm³/mol. The lowest BCUT2D eigenvalue weighted by Crippen LogP contribution is -2.33. The van der Waals surface area contributed by atoms with Gasteiger partial charge in [0.15, 0.2) is 0 Å². The number of rotatable bonds is 4. The summed E-state index contributed by atoms with van der Waals surface area (Å²) in [6.45, 7) is 3.29. The van der Waals surface area contributed by atoms with E-state index in [1.807, 2.05) is 5.38 Å². The van der Waals surface area contributed by atoms with E-state index in [1.165, 1.54) is 37.0 Å². The second-order valence-corrected chi connectivity index (χ2v) is 6.23. The van der Waals surface area contributed by atoms with Crippen molar-refractivity contribution in [2.45, 2.75) is 51.6 Å². The summed E-state index contributed by atoms with van der Waals surface area (Å²) in [5.41, 5.74) is 0. The van der Waals surface area contributed by atoms with Crippen LogP contribution in [0, 0.1) is 5.92 Å². The molecule has 0 amide bonds. The summed E-state index contributed by atoms with van der Waals surface area (Å²) in [6, 6.07) is 2.70. The molecule has 1 aliphatic rings. The summed E-state index contributed by atoms with van der Waals surface area (Å²) in [6.07, 6.45) is 7.07. The van der Waals surface area contributed by atoms with E-state index in [2.05, 4.69) is 18.3 Å². The van der Waals surface area contributed by atoms with Gasteiger partial charge in [-0.3, -0.25) is 0 Å². The molecule has 2 rings (SSSR count). The molecule has 1 aromatic heterocycles. The van der Waals surface area contributed by atoms with Gasteiger partial charge in [-0.2, -0.15) is 0 Å². The maximum absolute atomic E-state index is 5.91. The van der Waals surface area contributed by atoms with Crippen LogP contribution < -0.4 is 5.32 Å². The minimum absolute atomic E-state index is 0.640. The van der Waals surface area contributed by atoms with Crippen LogP contribution in [-0.4, -0.2) is 6.04 Å². The topological polar surface area (TPSA) is 12.0 Å². The number of nitrogens with one attached hydrogen (secondary N) is 1. The monoisotopic (exact) mass is 257 g/mol. The van der Waals surface area contributed by atoms with Crippen LogP contribution in [0.4, 0.5) is 0 Å². The van der Waals surface area contributed by atoms with Crippen molar-refractivity contribution in [1.29, 1.82) is 0 Å². The molecule has 0 saturated heterocycles. The fraction of sp³-hybridized carbons (Fsp3) is 0.692. The van der Waals surface area contributed by atoms with Crippen molar-refractivity contribution >= 4 is 22.9 Å². The highest BCUT2D eigenvalue weighted by molar-refractivity contribution is 7.10. The summed E-state index contributed by atoms with van der Waals surface area (Å²) in [7, 11) is 0. The Morgan fingerprint density at radius 1 is 1.44 bits per heavy atom. The van der Waals surface area contributed by atoms with Gasteiger partial charge in [0.1, 0.15) is 0 Å². The summed E-state index contributed by atoms with van der Waals surface area (Å²) in [5, 5.41) is 6.51. The van der Waals surface area contributed by atoms with E-state index >= 15 is 0 Å². The average Bonchev–Trinajstić information content (AvgIpc) is 2.73. The Balaban J connectivity index is 1.76. The standard InChI is InChI=1S/C13H20ClNS/c1-10(11-5-3-2-4-6-11)15-8-13-7-12(14)9-16-13/h7,9-11,15H,2-6,8H2,1H3/t10-/m1/s1. The molecule has 0 radical (unpaired) electrons. The van der Waals surface area contributed by atoms with Crippen molar-refractivity contribution in [2.24, 2.45) is 5.92 Å². The van der Waals surface area contributed by atoms with Crippen LogP contribution in [-0.2, 0) is 6.54 Å². The lowest BCUT2D eigenvalue weighted by Gasteiger charge is -2.28. The van der Waals surface area contributed by atoms with Crippen LogP contribution in [0.5, 0.6) is 0 Å². The number of thiophene rings is 1. The van der Waals surface area contributed by atoms with E-state index in [1.54, 1.807) is 11.3 Å². The molecule has 0 spiro atoms. The minimum Gasteiger partial charge on any atom is -0.309 e. The zero-order chi connectivity index (χ0) is 11.4. The summed E-state index contributed by atoms with van der Waals surface area (Å²) >= 11 is 7.65. The van der Waals surface area contributed by atoms with Crippen LogP contribution in [0.3, 0.4) is 0 Å². The third-order valence-corrected chi connectivity index (χ3v) is 4.86. The SMILES string of the molecule is C[C@@H](NCc1cc(Cl)cs1)C1CCCCC1. The molecule has 1 N–H and O–H groups in total. The third-order valence-electron chi connectivity index (χ3n) is 3.58. The molecular formula is C13H20ClNS. The first-order chi connectivity index (χ1) is 7.75. The summed E-state index contributed by atoms with van der Waals surface area (Å²) < 4.78 is 0. The van der Waals surface area contributed by atoms with Gasteiger partial charge in [0, 0.05) is 22.8 Å². The minimum atomic E-state index is 0.640. The number of hydrogen-bond acceptors (Lipinski definition) is 2. The Kier molecular flexibility index (Phi) is 4.68. The molecule has 0 aromatic carbocycles. The fourth-order valence-electron chi connectivity index (χ4n) is 2.51. The van der Waals surface area contributed by atoms with E-state index in [-0.39, 0.29) is 0 Å². The molecule has 1 nitrogen and oxygen atoms in total. The molecule has 1 atom stereocenters. The van der Waals surface area contributed by atoms with E-state index < -0.39 is 0 Å². The molecule has 1 aromatic rings. The van der Waals surface area contributed by atoms with Crippen molar-refractivity contribution in [3.05, 3.63) is 21.3 Å². The van der Waals surface area contributed by atoms with Crippen molar-refractivity contribution in [2.75, 3.05) is 0 Å². The van der Waals surface area contributed by atoms with Crippen molar-refractivity contribution < 1.29 is 0 Å². The molecule has 0 aliphatic heterocycles. The van der Waals surface area contributed by atoms with Crippen LogP contribution in [0.25, 0.3) is 0 Å². The van der Waals surface area contributed by atoms with Gasteiger partial charge in [-0.25, -0.2) is 0 Å². The Labute approximate surface area is 107 Å². The number of hydrogen-bond donors (Lipinski definition) is 1. The van der Waals surface area contributed by atoms with Crippen LogP contribution in [0.15, 0.2) is 11.4 Å². The first-order valence-electron chi connectivity index (χ1n) is 6.22. The maximum Gasteiger partial charge on any atom is 0.0516 e. The summed E-state index contributed by atoms with van der Waals surface area (Å²) in [5.74, 6) is 0.879. The Morgan fingerprint density at radius 3 is 2.81 bits per heavy atom. The second-order valence-electron chi connectivity index (χ2n) is 4.80. The lowest BCUT2D eigenvalue weighted by atomic mass is 9.84.